The summed E-state index contributed by atoms with van der Waals surface area (Å²) in [5.41, 5.74) is -0.223. The zero-order valence-corrected chi connectivity index (χ0v) is 11.9. The first kappa shape index (κ1) is 16.0. The summed E-state index contributed by atoms with van der Waals surface area (Å²) in [6.45, 7) is 2.81. The van der Waals surface area contributed by atoms with Crippen LogP contribution in [0.3, 0.4) is 0 Å². The van der Waals surface area contributed by atoms with E-state index in [4.69, 9.17) is 11.6 Å². The molecule has 0 spiro atoms. The summed E-state index contributed by atoms with van der Waals surface area (Å²) >= 11 is 5.91. The van der Waals surface area contributed by atoms with Gasteiger partial charge in [-0.3, -0.25) is 0 Å². The lowest BCUT2D eigenvalue weighted by molar-refractivity contribution is -0.141. The van der Waals surface area contributed by atoms with Crippen LogP contribution in [0.25, 0.3) is 11.0 Å². The molecule has 116 valence electrons. The molecule has 0 saturated carbocycles. The highest BCUT2D eigenvalue weighted by Gasteiger charge is 2.33. The van der Waals surface area contributed by atoms with Gasteiger partial charge in [-0.25, -0.2) is 13.8 Å². The van der Waals surface area contributed by atoms with Crippen molar-refractivity contribution in [1.29, 1.82) is 0 Å². The van der Waals surface area contributed by atoms with E-state index >= 15 is 0 Å². The third-order valence-electron chi connectivity index (χ3n) is 3.06. The fourth-order valence-electron chi connectivity index (χ4n) is 2.31. The van der Waals surface area contributed by atoms with Crippen LogP contribution in [-0.4, -0.2) is 15.7 Å². The van der Waals surface area contributed by atoms with E-state index in [1.54, 1.807) is 0 Å². The van der Waals surface area contributed by atoms with Crippen LogP contribution in [-0.2, 0) is 0 Å². The molecule has 1 aromatic heterocycles. The quantitative estimate of drug-likeness (QED) is 0.565. The highest BCUT2D eigenvalue weighted by molar-refractivity contribution is 6.20. The summed E-state index contributed by atoms with van der Waals surface area (Å²) in [5.74, 6) is -1.73. The second-order valence-electron chi connectivity index (χ2n) is 4.88. The highest BCUT2D eigenvalue weighted by atomic mass is 35.5. The molecule has 0 N–H and O–H groups in total. The van der Waals surface area contributed by atoms with Crippen LogP contribution < -0.4 is 0 Å². The first-order valence-corrected chi connectivity index (χ1v) is 6.61. The van der Waals surface area contributed by atoms with Crippen molar-refractivity contribution in [2.45, 2.75) is 37.9 Å². The number of halogens is 6. The van der Waals surface area contributed by atoms with Crippen molar-refractivity contribution in [3.8, 4) is 0 Å². The Kier molecular flexibility index (Phi) is 4.15. The molecule has 8 heteroatoms. The van der Waals surface area contributed by atoms with Gasteiger partial charge in [0.1, 0.15) is 17.2 Å². The number of fused-ring (bicyclic) bond motifs is 1. The molecule has 2 aromatic rings. The van der Waals surface area contributed by atoms with Crippen molar-refractivity contribution in [1.82, 2.24) is 9.55 Å². The summed E-state index contributed by atoms with van der Waals surface area (Å²) in [6.07, 6.45) is -5.55. The molecule has 21 heavy (non-hydrogen) atoms. The van der Waals surface area contributed by atoms with Gasteiger partial charge in [-0.05, 0) is 19.9 Å². The SMILES string of the molecule is CC(Cl)c1nc2c(F)cc(F)cc2n1C(C)CC(F)(F)F. The van der Waals surface area contributed by atoms with E-state index in [1.807, 2.05) is 0 Å². The summed E-state index contributed by atoms with van der Waals surface area (Å²) in [6, 6.07) is 0.519. The fraction of sp³-hybridized carbons (Fsp3) is 0.462. The summed E-state index contributed by atoms with van der Waals surface area (Å²) in [5, 5.41) is -0.740. The minimum Gasteiger partial charge on any atom is -0.323 e. The molecule has 0 saturated heterocycles. The van der Waals surface area contributed by atoms with E-state index in [2.05, 4.69) is 4.98 Å². The third kappa shape index (κ3) is 3.28. The molecule has 2 nitrogen and oxygen atoms in total. The van der Waals surface area contributed by atoms with Crippen molar-refractivity contribution in [3.63, 3.8) is 0 Å². The van der Waals surface area contributed by atoms with E-state index in [9.17, 15) is 22.0 Å². The number of hydrogen-bond acceptors (Lipinski definition) is 1. The Morgan fingerprint density at radius 1 is 1.24 bits per heavy atom. The van der Waals surface area contributed by atoms with E-state index < -0.39 is 35.7 Å². The van der Waals surface area contributed by atoms with E-state index in [0.717, 1.165) is 10.6 Å². The second-order valence-corrected chi connectivity index (χ2v) is 5.53. The van der Waals surface area contributed by atoms with Gasteiger partial charge in [0, 0.05) is 12.1 Å². The Morgan fingerprint density at radius 3 is 2.38 bits per heavy atom. The predicted molar refractivity (Wildman–Crippen MR) is 69.3 cm³/mol. The first-order valence-electron chi connectivity index (χ1n) is 6.18. The maximum absolute atomic E-state index is 13.7. The molecular weight excluding hydrogens is 315 g/mol. The van der Waals surface area contributed by atoms with Crippen LogP contribution in [0, 0.1) is 11.6 Å². The fourth-order valence-corrected chi connectivity index (χ4v) is 2.46. The summed E-state index contributed by atoms with van der Waals surface area (Å²) in [7, 11) is 0. The topological polar surface area (TPSA) is 17.8 Å². The molecular formula is C13H12ClF5N2. The number of aromatic nitrogens is 2. The van der Waals surface area contributed by atoms with E-state index in [0.29, 0.717) is 6.07 Å². The molecule has 0 amide bonds. The van der Waals surface area contributed by atoms with Gasteiger partial charge in [0.25, 0.3) is 0 Å². The molecule has 2 atom stereocenters. The molecule has 0 bridgehead atoms. The summed E-state index contributed by atoms with van der Waals surface area (Å²) < 4.78 is 65.9. The van der Waals surface area contributed by atoms with Crippen molar-refractivity contribution >= 4 is 22.6 Å². The van der Waals surface area contributed by atoms with Gasteiger partial charge in [0.05, 0.1) is 17.3 Å². The minimum absolute atomic E-state index is 0.0354. The molecule has 1 heterocycles. The third-order valence-corrected chi connectivity index (χ3v) is 3.26. The first-order chi connectivity index (χ1) is 9.60. The molecule has 0 aliphatic rings. The predicted octanol–water partition coefficient (Wildman–Crippen LogP) is 5.13. The number of nitrogens with zero attached hydrogens (tertiary/aromatic N) is 2. The van der Waals surface area contributed by atoms with Gasteiger partial charge >= 0.3 is 6.18 Å². The van der Waals surface area contributed by atoms with Gasteiger partial charge in [-0.1, -0.05) is 0 Å². The van der Waals surface area contributed by atoms with Crippen molar-refractivity contribution in [2.24, 2.45) is 0 Å². The van der Waals surface area contributed by atoms with E-state index in [1.165, 1.54) is 13.8 Å². The van der Waals surface area contributed by atoms with Crippen LogP contribution in [0.4, 0.5) is 22.0 Å². The lowest BCUT2D eigenvalue weighted by Crippen LogP contribution is -2.18. The smallest absolute Gasteiger partial charge is 0.323 e. The van der Waals surface area contributed by atoms with E-state index in [-0.39, 0.29) is 16.9 Å². The molecule has 1 aromatic carbocycles. The van der Waals surface area contributed by atoms with Gasteiger partial charge in [-0.15, -0.1) is 11.6 Å². The van der Waals surface area contributed by atoms with Crippen LogP contribution in [0.5, 0.6) is 0 Å². The maximum atomic E-state index is 13.7. The number of imidazole rings is 1. The number of rotatable bonds is 3. The van der Waals surface area contributed by atoms with Crippen LogP contribution in [0.2, 0.25) is 0 Å². The number of benzene rings is 1. The average molecular weight is 327 g/mol. The maximum Gasteiger partial charge on any atom is 0.391 e. The lowest BCUT2D eigenvalue weighted by Gasteiger charge is -2.20. The molecule has 0 aliphatic carbocycles. The zero-order chi connectivity index (χ0) is 15.9. The average Bonchev–Trinajstić information content (AvgIpc) is 2.66. The molecule has 0 fully saturated rings. The Balaban J connectivity index is 2.66. The zero-order valence-electron chi connectivity index (χ0n) is 11.2. The van der Waals surface area contributed by atoms with Crippen LogP contribution in [0.15, 0.2) is 12.1 Å². The highest BCUT2D eigenvalue weighted by Crippen LogP contribution is 2.34. The van der Waals surface area contributed by atoms with Gasteiger partial charge in [-0.2, -0.15) is 13.2 Å². The number of alkyl halides is 4. The second kappa shape index (κ2) is 5.44. The largest absolute Gasteiger partial charge is 0.391 e. The molecule has 0 aliphatic heterocycles. The monoisotopic (exact) mass is 326 g/mol. The van der Waals surface area contributed by atoms with Gasteiger partial charge in [0.15, 0.2) is 5.82 Å². The minimum atomic E-state index is -4.41. The Bertz CT molecular complexity index is 663. The van der Waals surface area contributed by atoms with Crippen molar-refractivity contribution in [3.05, 3.63) is 29.6 Å². The Morgan fingerprint density at radius 2 is 1.86 bits per heavy atom. The number of hydrogen-bond donors (Lipinski definition) is 0. The van der Waals surface area contributed by atoms with Crippen LogP contribution >= 0.6 is 11.6 Å². The standard InChI is InChI=1S/C13H12ClF5N2/c1-6(5-13(17,18)19)21-10-4-8(15)3-9(16)11(10)20-12(21)7(2)14/h3-4,6-7H,5H2,1-2H3. The lowest BCUT2D eigenvalue weighted by atomic mass is 10.2. The van der Waals surface area contributed by atoms with Gasteiger partial charge in [0.2, 0.25) is 0 Å². The van der Waals surface area contributed by atoms with Crippen LogP contribution in [0.1, 0.15) is 37.5 Å². The molecule has 2 unspecified atom stereocenters. The van der Waals surface area contributed by atoms with Crippen molar-refractivity contribution < 1.29 is 22.0 Å². The van der Waals surface area contributed by atoms with Crippen molar-refractivity contribution in [2.75, 3.05) is 0 Å². The van der Waals surface area contributed by atoms with Gasteiger partial charge < -0.3 is 4.57 Å². The summed E-state index contributed by atoms with van der Waals surface area (Å²) in [4.78, 5) is 3.93. The normalized spacial score (nSPS) is 15.4. The Hall–Kier alpha value is -1.37. The Labute approximate surface area is 122 Å². The molecule has 0 radical (unpaired) electrons. The molecule has 2 rings (SSSR count).